The largest absolute Gasteiger partial charge is 0.465 e. The molecule has 5 unspecified atom stereocenters. The third-order valence-corrected chi connectivity index (χ3v) is 7.22. The molecule has 5 atom stereocenters. The Morgan fingerprint density at radius 1 is 0.690 bits per heavy atom. The average Bonchev–Trinajstić information content (AvgIpc) is 2.93. The van der Waals surface area contributed by atoms with E-state index >= 15 is 0 Å². The van der Waals surface area contributed by atoms with Crippen molar-refractivity contribution in [3.8, 4) is 0 Å². The monoisotopic (exact) mass is 601 g/mol. The first-order valence-electron chi connectivity index (χ1n) is 12.9. The number of anilines is 1. The molecule has 0 spiro atoms. The molecule has 1 N–H and O–H groups in total. The van der Waals surface area contributed by atoms with Crippen molar-refractivity contribution in [2.24, 2.45) is 0 Å². The second kappa shape index (κ2) is 15.1. The number of hydrogen-bond acceptors (Lipinski definition) is 12. The molecule has 0 radical (unpaired) electrons. The zero-order valence-electron chi connectivity index (χ0n) is 23.4. The van der Waals surface area contributed by atoms with Gasteiger partial charge < -0.3 is 29.0 Å². The van der Waals surface area contributed by atoms with Crippen molar-refractivity contribution in [2.75, 3.05) is 18.5 Å². The van der Waals surface area contributed by atoms with Gasteiger partial charge in [-0.2, -0.15) is 0 Å². The van der Waals surface area contributed by atoms with E-state index in [-0.39, 0.29) is 12.4 Å². The zero-order chi connectivity index (χ0) is 30.8. The van der Waals surface area contributed by atoms with Crippen LogP contribution in [0.3, 0.4) is 0 Å². The van der Waals surface area contributed by atoms with Gasteiger partial charge in [-0.15, -0.1) is 11.8 Å². The fraction of sp³-hybridized carbons (Fsp3) is 0.379. The maximum Gasteiger partial charge on any atom is 0.303 e. The summed E-state index contributed by atoms with van der Waals surface area (Å²) < 4.78 is 27.1. The first kappa shape index (κ1) is 32.3. The third-order valence-electron chi connectivity index (χ3n) is 5.79. The van der Waals surface area contributed by atoms with Gasteiger partial charge in [-0.1, -0.05) is 30.3 Å². The molecule has 0 saturated carbocycles. The minimum atomic E-state index is -1.32. The summed E-state index contributed by atoms with van der Waals surface area (Å²) in [6.45, 7) is 3.85. The molecule has 2 aromatic carbocycles. The van der Waals surface area contributed by atoms with Crippen LogP contribution < -0.4 is 5.32 Å². The number of carbonyl (C=O) groups is 6. The van der Waals surface area contributed by atoms with Gasteiger partial charge in [0.05, 0.1) is 5.25 Å². The smallest absolute Gasteiger partial charge is 0.303 e. The Labute approximate surface area is 246 Å². The Bertz CT molecular complexity index is 1300. The highest BCUT2D eigenvalue weighted by Crippen LogP contribution is 2.38. The highest BCUT2D eigenvalue weighted by atomic mass is 32.2. The molecule has 3 rings (SSSR count). The lowest BCUT2D eigenvalue weighted by Gasteiger charge is -2.43. The third kappa shape index (κ3) is 9.42. The summed E-state index contributed by atoms with van der Waals surface area (Å²) in [5.41, 5.74) is 0.296. The summed E-state index contributed by atoms with van der Waals surface area (Å²) >= 11 is 0.993. The van der Waals surface area contributed by atoms with Crippen molar-refractivity contribution in [1.29, 1.82) is 0 Å². The van der Waals surface area contributed by atoms with Crippen molar-refractivity contribution < 1.29 is 52.5 Å². The van der Waals surface area contributed by atoms with Gasteiger partial charge in [0, 0.05) is 44.5 Å². The van der Waals surface area contributed by atoms with E-state index in [2.05, 4.69) is 5.32 Å². The average molecular weight is 602 g/mol. The number of benzene rings is 2. The van der Waals surface area contributed by atoms with E-state index in [1.807, 2.05) is 6.07 Å². The molecule has 0 bridgehead atoms. The van der Waals surface area contributed by atoms with Gasteiger partial charge in [0.1, 0.15) is 18.6 Å². The molecular formula is C29H31NO11S. The molecule has 1 fully saturated rings. The quantitative estimate of drug-likeness (QED) is 0.228. The molecule has 224 valence electrons. The van der Waals surface area contributed by atoms with Crippen LogP contribution in [0.25, 0.3) is 0 Å². The first-order valence-corrected chi connectivity index (χ1v) is 13.8. The van der Waals surface area contributed by atoms with Crippen LogP contribution in [0.15, 0.2) is 54.6 Å². The van der Waals surface area contributed by atoms with Crippen molar-refractivity contribution in [3.05, 3.63) is 65.7 Å². The molecule has 12 nitrogen and oxygen atoms in total. The Morgan fingerprint density at radius 2 is 1.24 bits per heavy atom. The van der Waals surface area contributed by atoms with Crippen LogP contribution in [0, 0.1) is 0 Å². The predicted molar refractivity (Wildman–Crippen MR) is 149 cm³/mol. The van der Waals surface area contributed by atoms with Crippen LogP contribution in [-0.4, -0.2) is 77.8 Å². The van der Waals surface area contributed by atoms with Gasteiger partial charge in [0.2, 0.25) is 5.91 Å². The minimum Gasteiger partial charge on any atom is -0.465 e. The van der Waals surface area contributed by atoms with Crippen molar-refractivity contribution in [1.82, 2.24) is 0 Å². The summed E-state index contributed by atoms with van der Waals surface area (Å²) in [6.07, 6.45) is -3.75. The van der Waals surface area contributed by atoms with E-state index in [9.17, 15) is 28.8 Å². The molecule has 42 heavy (non-hydrogen) atoms. The number of ketones is 1. The summed E-state index contributed by atoms with van der Waals surface area (Å²) in [5, 5.41) is 1.86. The van der Waals surface area contributed by atoms with Gasteiger partial charge in [0.25, 0.3) is 0 Å². The fourth-order valence-corrected chi connectivity index (χ4v) is 5.51. The number of nitrogens with one attached hydrogen (secondary N) is 1. The number of carbonyl (C=O) groups excluding carboxylic acids is 6. The molecule has 1 aliphatic rings. The molecule has 13 heteroatoms. The fourth-order valence-electron chi connectivity index (χ4n) is 4.14. The highest BCUT2D eigenvalue weighted by molar-refractivity contribution is 8.00. The second-order valence-corrected chi connectivity index (χ2v) is 10.5. The maximum atomic E-state index is 12.7. The summed E-state index contributed by atoms with van der Waals surface area (Å²) in [5.74, 6) is -3.53. The molecule has 2 aromatic rings. The molecule has 0 aromatic heterocycles. The normalized spacial score (nSPS) is 21.4. The van der Waals surface area contributed by atoms with Crippen molar-refractivity contribution >= 4 is 53.0 Å². The zero-order valence-corrected chi connectivity index (χ0v) is 24.2. The summed E-state index contributed by atoms with van der Waals surface area (Å²) in [7, 11) is 0. The van der Waals surface area contributed by atoms with Crippen LogP contribution in [-0.2, 0) is 47.7 Å². The first-order chi connectivity index (χ1) is 19.9. The lowest BCUT2D eigenvalue weighted by molar-refractivity contribution is -0.193. The number of thioether (sulfide) groups is 1. The molecule has 1 saturated heterocycles. The van der Waals surface area contributed by atoms with Crippen LogP contribution in [0.5, 0.6) is 0 Å². The van der Waals surface area contributed by atoms with E-state index in [0.29, 0.717) is 16.8 Å². The minimum absolute atomic E-state index is 0.166. The Balaban J connectivity index is 1.74. The Hall–Kier alpha value is -4.23. The predicted octanol–water partition coefficient (Wildman–Crippen LogP) is 2.67. The van der Waals surface area contributed by atoms with Crippen LogP contribution >= 0.6 is 11.8 Å². The van der Waals surface area contributed by atoms with Gasteiger partial charge >= 0.3 is 23.9 Å². The Morgan fingerprint density at radius 3 is 1.81 bits per heavy atom. The molecular weight excluding hydrogens is 570 g/mol. The summed E-state index contributed by atoms with van der Waals surface area (Å²) in [6, 6.07) is 15.1. The van der Waals surface area contributed by atoms with Gasteiger partial charge in [-0.05, 0) is 24.3 Å². The van der Waals surface area contributed by atoms with E-state index in [4.69, 9.17) is 23.7 Å². The van der Waals surface area contributed by atoms with Gasteiger partial charge in [-0.25, -0.2) is 0 Å². The number of ether oxygens (including phenoxy) is 5. The number of hydrogen-bond donors (Lipinski definition) is 1. The van der Waals surface area contributed by atoms with Gasteiger partial charge in [-0.3, -0.25) is 28.8 Å². The van der Waals surface area contributed by atoms with Crippen LogP contribution in [0.4, 0.5) is 5.69 Å². The molecule has 1 aliphatic heterocycles. The summed E-state index contributed by atoms with van der Waals surface area (Å²) in [4.78, 5) is 72.6. The SMILES string of the molecule is CC(=O)OCC1SC(OCC(=O)Nc2ccc(C(=O)c3ccccc3)cc2)C(OC(C)=O)C(OC(C)=O)C1OC(C)=O. The van der Waals surface area contributed by atoms with E-state index < -0.39 is 65.4 Å². The second-order valence-electron chi connectivity index (χ2n) is 9.20. The van der Waals surface area contributed by atoms with Crippen LogP contribution in [0.1, 0.15) is 43.6 Å². The maximum absolute atomic E-state index is 12.7. The molecule has 1 heterocycles. The lowest BCUT2D eigenvalue weighted by Crippen LogP contribution is -2.59. The van der Waals surface area contributed by atoms with Crippen molar-refractivity contribution in [3.63, 3.8) is 0 Å². The van der Waals surface area contributed by atoms with Crippen LogP contribution in [0.2, 0.25) is 0 Å². The standard InChI is InChI=1S/C29H31NO11S/c1-16(31)37-14-23-26(39-17(2)32)27(40-18(3)33)28(41-19(4)34)29(42-23)38-15-24(35)30-22-12-10-21(11-13-22)25(36)20-8-6-5-7-9-20/h5-13,23,26-29H,14-15H2,1-4H3,(H,30,35). The van der Waals surface area contributed by atoms with Gasteiger partial charge in [0.15, 0.2) is 24.1 Å². The highest BCUT2D eigenvalue weighted by Gasteiger charge is 2.52. The number of amides is 1. The van der Waals surface area contributed by atoms with E-state index in [0.717, 1.165) is 32.5 Å². The number of rotatable bonds is 11. The topological polar surface area (TPSA) is 161 Å². The lowest BCUT2D eigenvalue weighted by atomic mass is 10.0. The van der Waals surface area contributed by atoms with Crippen molar-refractivity contribution in [2.45, 2.75) is 56.7 Å². The molecule has 0 aliphatic carbocycles. The molecule has 1 amide bonds. The Kier molecular flexibility index (Phi) is 11.6. The van der Waals surface area contributed by atoms with E-state index in [1.54, 1.807) is 48.5 Å². The number of esters is 4. The van der Waals surface area contributed by atoms with E-state index in [1.165, 1.54) is 6.92 Å².